The Morgan fingerprint density at radius 1 is 0.745 bits per heavy atom. The van der Waals surface area contributed by atoms with Crippen LogP contribution >= 0.6 is 0 Å². The number of hydrogen-bond donors (Lipinski definition) is 5. The number of benzene rings is 3. The number of carboxylic acid groups (broad SMARTS) is 3. The van der Waals surface area contributed by atoms with Gasteiger partial charge in [-0.1, -0.05) is 86.5 Å². The predicted molar refractivity (Wildman–Crippen MR) is 183 cm³/mol. The fourth-order valence-electron chi connectivity index (χ4n) is 5.26. The van der Waals surface area contributed by atoms with E-state index in [0.29, 0.717) is 35.1 Å². The van der Waals surface area contributed by atoms with Gasteiger partial charge < -0.3 is 36.0 Å². The minimum Gasteiger partial charge on any atom is -0.481 e. The molecule has 3 aromatic carbocycles. The van der Waals surface area contributed by atoms with E-state index in [9.17, 15) is 33.6 Å². The lowest BCUT2D eigenvalue weighted by molar-refractivity contribution is -0.159. The molecule has 0 radical (unpaired) electrons. The maximum Gasteiger partial charge on any atom is 0.356 e. The highest BCUT2D eigenvalue weighted by atomic mass is 16.5. The SMILES string of the molecule is CCCCCN(C(=O)[C@H](Cc1ccc(C(=O)c2ccccc2)cc1)NC(=O)CCC(=O)O)[C@@H](Cc1ccc(OC(C(=O)O)C(=O)O)cc1)C(N)=O. The summed E-state index contributed by atoms with van der Waals surface area (Å²) in [5, 5.41) is 29.9. The van der Waals surface area contributed by atoms with Gasteiger partial charge in [-0.3, -0.25) is 24.0 Å². The molecule has 14 nitrogen and oxygen atoms in total. The summed E-state index contributed by atoms with van der Waals surface area (Å²) in [6.45, 7) is 2.06. The van der Waals surface area contributed by atoms with Gasteiger partial charge in [-0.15, -0.1) is 0 Å². The number of primary amides is 1. The second-order valence-electron chi connectivity index (χ2n) is 11.8. The van der Waals surface area contributed by atoms with Crippen molar-refractivity contribution in [1.82, 2.24) is 10.2 Å². The average Bonchev–Trinajstić information content (AvgIpc) is 3.10. The summed E-state index contributed by atoms with van der Waals surface area (Å²) in [7, 11) is 0. The number of carbonyl (C=O) groups excluding carboxylic acids is 4. The van der Waals surface area contributed by atoms with E-state index >= 15 is 0 Å². The number of ketones is 1. The van der Waals surface area contributed by atoms with Crippen LogP contribution in [0.4, 0.5) is 0 Å². The van der Waals surface area contributed by atoms with Gasteiger partial charge in [0.1, 0.15) is 17.8 Å². The van der Waals surface area contributed by atoms with Gasteiger partial charge in [0.05, 0.1) is 6.42 Å². The second kappa shape index (κ2) is 19.2. The molecule has 0 aromatic heterocycles. The van der Waals surface area contributed by atoms with Crippen LogP contribution in [0.3, 0.4) is 0 Å². The quantitative estimate of drug-likeness (QED) is 0.0615. The summed E-state index contributed by atoms with van der Waals surface area (Å²) < 4.78 is 5.05. The van der Waals surface area contributed by atoms with Gasteiger partial charge in [0.25, 0.3) is 6.10 Å². The molecule has 0 spiro atoms. The normalized spacial score (nSPS) is 12.0. The van der Waals surface area contributed by atoms with Crippen LogP contribution in [0.15, 0.2) is 78.9 Å². The number of rotatable bonds is 21. The molecule has 6 N–H and O–H groups in total. The van der Waals surface area contributed by atoms with Crippen molar-refractivity contribution in [3.8, 4) is 5.75 Å². The number of nitrogens with zero attached hydrogens (tertiary/aromatic N) is 1. The van der Waals surface area contributed by atoms with Gasteiger partial charge in [-0.25, -0.2) is 9.59 Å². The third kappa shape index (κ3) is 12.1. The molecule has 0 bridgehead atoms. The van der Waals surface area contributed by atoms with Crippen LogP contribution < -0.4 is 15.8 Å². The molecule has 3 amide bonds. The Kier molecular flexibility index (Phi) is 14.8. The van der Waals surface area contributed by atoms with Crippen molar-refractivity contribution in [3.05, 3.63) is 101 Å². The van der Waals surface area contributed by atoms with E-state index in [4.69, 9.17) is 25.8 Å². The van der Waals surface area contributed by atoms with Crippen molar-refractivity contribution in [2.75, 3.05) is 6.54 Å². The lowest BCUT2D eigenvalue weighted by Crippen LogP contribution is -2.56. The van der Waals surface area contributed by atoms with Crippen molar-refractivity contribution in [2.45, 2.75) is 70.1 Å². The minimum absolute atomic E-state index is 0.0480. The molecule has 0 unspecified atom stereocenters. The molecule has 14 heteroatoms. The summed E-state index contributed by atoms with van der Waals surface area (Å²) >= 11 is 0. The maximum atomic E-state index is 14.3. The lowest BCUT2D eigenvalue weighted by Gasteiger charge is -2.33. The topological polar surface area (TPSA) is 231 Å². The molecule has 0 aliphatic carbocycles. The number of carbonyl (C=O) groups is 7. The summed E-state index contributed by atoms with van der Waals surface area (Å²) in [6, 6.07) is 18.4. The third-order valence-corrected chi connectivity index (χ3v) is 7.94. The fourth-order valence-corrected chi connectivity index (χ4v) is 5.26. The lowest BCUT2D eigenvalue weighted by atomic mass is 9.97. The van der Waals surface area contributed by atoms with Gasteiger partial charge in [0.2, 0.25) is 17.7 Å². The van der Waals surface area contributed by atoms with Gasteiger partial charge in [0.15, 0.2) is 5.78 Å². The third-order valence-electron chi connectivity index (χ3n) is 7.94. The van der Waals surface area contributed by atoms with Crippen LogP contribution in [-0.4, -0.2) is 86.4 Å². The van der Waals surface area contributed by atoms with Crippen molar-refractivity contribution in [3.63, 3.8) is 0 Å². The zero-order chi connectivity index (χ0) is 37.5. The molecule has 270 valence electrons. The highest BCUT2D eigenvalue weighted by Gasteiger charge is 2.34. The summed E-state index contributed by atoms with van der Waals surface area (Å²) in [4.78, 5) is 87.9. The Bertz CT molecular complexity index is 1680. The van der Waals surface area contributed by atoms with Gasteiger partial charge in [-0.05, 0) is 29.7 Å². The molecule has 2 atom stereocenters. The Morgan fingerprint density at radius 3 is 1.86 bits per heavy atom. The number of ether oxygens (including phenoxy) is 1. The predicted octanol–water partition coefficient (Wildman–Crippen LogP) is 2.84. The first kappa shape index (κ1) is 39.4. The summed E-state index contributed by atoms with van der Waals surface area (Å²) in [6.07, 6.45) is -1.11. The fraction of sp³-hybridized carbons (Fsp3) is 0.324. The number of hydrogen-bond acceptors (Lipinski definition) is 8. The number of amides is 3. The molecule has 0 saturated heterocycles. The summed E-state index contributed by atoms with van der Waals surface area (Å²) in [5.74, 6) is -6.99. The standard InChI is InChI=1S/C37H41N3O11/c1-2-3-7-20-40(29(34(38)45)22-24-12-16-27(17-13-24)51-33(36(47)48)37(49)50)35(46)28(39-30(41)18-19-31(42)43)21-23-10-14-26(15-11-23)32(44)25-8-5-4-6-9-25/h4-6,8-17,28-29,33H,2-3,7,18-22H2,1H3,(H2,38,45)(H,39,41)(H,42,43)(H,47,48)(H,49,50)/t28-,29-/m0/s1. The van der Waals surface area contributed by atoms with Crippen LogP contribution in [0.5, 0.6) is 5.75 Å². The molecular formula is C37H41N3O11. The highest BCUT2D eigenvalue weighted by molar-refractivity contribution is 6.09. The Labute approximate surface area is 294 Å². The molecule has 0 fully saturated rings. The van der Waals surface area contributed by atoms with E-state index in [0.717, 1.165) is 6.42 Å². The minimum atomic E-state index is -2.14. The van der Waals surface area contributed by atoms with E-state index < -0.39 is 66.7 Å². The van der Waals surface area contributed by atoms with Crippen LogP contribution in [-0.2, 0) is 41.6 Å². The number of unbranched alkanes of at least 4 members (excludes halogenated alkanes) is 2. The Morgan fingerprint density at radius 2 is 1.31 bits per heavy atom. The average molecular weight is 704 g/mol. The smallest absolute Gasteiger partial charge is 0.356 e. The molecular weight excluding hydrogens is 662 g/mol. The Hall–Kier alpha value is -6.05. The number of carboxylic acids is 3. The molecule has 3 rings (SSSR count). The number of nitrogens with two attached hydrogens (primary N) is 1. The molecule has 0 aliphatic rings. The molecule has 0 aliphatic heterocycles. The number of nitrogens with one attached hydrogen (secondary N) is 1. The van der Waals surface area contributed by atoms with Gasteiger partial charge >= 0.3 is 17.9 Å². The van der Waals surface area contributed by atoms with Crippen LogP contribution in [0.25, 0.3) is 0 Å². The largest absolute Gasteiger partial charge is 0.481 e. The highest BCUT2D eigenvalue weighted by Crippen LogP contribution is 2.20. The van der Waals surface area contributed by atoms with E-state index in [-0.39, 0.29) is 30.9 Å². The van der Waals surface area contributed by atoms with Crippen LogP contribution in [0, 0.1) is 0 Å². The molecule has 51 heavy (non-hydrogen) atoms. The molecule has 0 saturated carbocycles. The Balaban J connectivity index is 1.91. The van der Waals surface area contributed by atoms with E-state index in [1.807, 2.05) is 6.92 Å². The van der Waals surface area contributed by atoms with E-state index in [2.05, 4.69) is 5.32 Å². The van der Waals surface area contributed by atoms with Gasteiger partial charge in [0, 0.05) is 36.9 Å². The first-order valence-electron chi connectivity index (χ1n) is 16.3. The first-order chi connectivity index (χ1) is 24.3. The van der Waals surface area contributed by atoms with Crippen molar-refractivity contribution < 1.29 is 53.6 Å². The van der Waals surface area contributed by atoms with Crippen molar-refractivity contribution in [2.24, 2.45) is 5.73 Å². The van der Waals surface area contributed by atoms with Crippen molar-refractivity contribution >= 4 is 41.4 Å². The maximum absolute atomic E-state index is 14.3. The van der Waals surface area contributed by atoms with Crippen LogP contribution in [0.1, 0.15) is 66.1 Å². The monoisotopic (exact) mass is 703 g/mol. The zero-order valence-corrected chi connectivity index (χ0v) is 28.0. The molecule has 0 heterocycles. The van der Waals surface area contributed by atoms with Gasteiger partial charge in [-0.2, -0.15) is 0 Å². The van der Waals surface area contributed by atoms with E-state index in [1.54, 1.807) is 54.6 Å². The van der Waals surface area contributed by atoms with Crippen molar-refractivity contribution in [1.29, 1.82) is 0 Å². The number of aliphatic carboxylic acids is 3. The summed E-state index contributed by atoms with van der Waals surface area (Å²) in [5.41, 5.74) is 7.82. The first-order valence-corrected chi connectivity index (χ1v) is 16.3. The second-order valence-corrected chi connectivity index (χ2v) is 11.8. The molecule has 3 aromatic rings. The zero-order valence-electron chi connectivity index (χ0n) is 28.0. The van der Waals surface area contributed by atoms with E-state index in [1.165, 1.54) is 29.2 Å². The van der Waals surface area contributed by atoms with Crippen LogP contribution in [0.2, 0.25) is 0 Å².